The van der Waals surface area contributed by atoms with Crippen molar-refractivity contribution in [2.75, 3.05) is 0 Å². The Morgan fingerprint density at radius 2 is 1.74 bits per heavy atom. The maximum Gasteiger partial charge on any atom is 0.255 e. The topological polar surface area (TPSA) is 84.5 Å². The number of rotatable bonds is 2. The number of ketones is 1. The van der Waals surface area contributed by atoms with Gasteiger partial charge < -0.3 is 5.73 Å². The quantitative estimate of drug-likeness (QED) is 0.837. The molecule has 1 aliphatic carbocycles. The van der Waals surface area contributed by atoms with Crippen LogP contribution in [0, 0.1) is 11.3 Å². The SMILES string of the molecule is CC1C(=O)CC(c2ccc(Cl)cc2)C2(C(=O)NN=C2N)C1c1ccccc1. The van der Waals surface area contributed by atoms with E-state index in [1.54, 1.807) is 12.1 Å². The second-order valence-corrected chi connectivity index (χ2v) is 7.70. The molecular weight excluding hydrogens is 362 g/mol. The lowest BCUT2D eigenvalue weighted by Gasteiger charge is -2.47. The van der Waals surface area contributed by atoms with Gasteiger partial charge in [0.15, 0.2) is 0 Å². The molecule has 5 nitrogen and oxygen atoms in total. The highest BCUT2D eigenvalue weighted by atomic mass is 35.5. The Hall–Kier alpha value is -2.66. The van der Waals surface area contributed by atoms with Gasteiger partial charge in [0.05, 0.1) is 0 Å². The summed E-state index contributed by atoms with van der Waals surface area (Å²) in [6, 6.07) is 16.9. The molecule has 1 amide bonds. The number of amidine groups is 1. The zero-order chi connectivity index (χ0) is 19.2. The molecule has 6 heteroatoms. The van der Waals surface area contributed by atoms with Crippen molar-refractivity contribution in [2.45, 2.75) is 25.2 Å². The van der Waals surface area contributed by atoms with Crippen LogP contribution in [0.15, 0.2) is 59.7 Å². The van der Waals surface area contributed by atoms with Crippen molar-refractivity contribution in [3.8, 4) is 0 Å². The number of hydrogen-bond donors (Lipinski definition) is 2. The van der Waals surface area contributed by atoms with E-state index in [9.17, 15) is 9.59 Å². The van der Waals surface area contributed by atoms with Crippen molar-refractivity contribution in [2.24, 2.45) is 22.2 Å². The lowest BCUT2D eigenvalue weighted by Crippen LogP contribution is -2.56. The molecule has 3 N–H and O–H groups in total. The molecule has 1 saturated carbocycles. The average molecular weight is 382 g/mol. The zero-order valence-corrected chi connectivity index (χ0v) is 15.6. The van der Waals surface area contributed by atoms with Gasteiger partial charge in [-0.2, -0.15) is 5.10 Å². The van der Waals surface area contributed by atoms with Crippen LogP contribution < -0.4 is 11.2 Å². The van der Waals surface area contributed by atoms with Crippen molar-refractivity contribution < 1.29 is 9.59 Å². The molecule has 1 aliphatic heterocycles. The summed E-state index contributed by atoms with van der Waals surface area (Å²) >= 11 is 6.04. The van der Waals surface area contributed by atoms with Gasteiger partial charge in [-0.15, -0.1) is 0 Å². The molecule has 2 aromatic rings. The molecule has 0 saturated heterocycles. The van der Waals surface area contributed by atoms with Gasteiger partial charge in [0.1, 0.15) is 17.0 Å². The van der Waals surface area contributed by atoms with Crippen molar-refractivity contribution in [1.82, 2.24) is 5.43 Å². The van der Waals surface area contributed by atoms with Gasteiger partial charge in [-0.1, -0.05) is 61.0 Å². The smallest absolute Gasteiger partial charge is 0.255 e. The second kappa shape index (κ2) is 6.50. The van der Waals surface area contributed by atoms with Crippen LogP contribution in [0.5, 0.6) is 0 Å². The van der Waals surface area contributed by atoms with Gasteiger partial charge in [0.25, 0.3) is 5.91 Å². The first-order valence-electron chi connectivity index (χ1n) is 8.93. The molecule has 0 aromatic heterocycles. The Kier molecular flexibility index (Phi) is 4.27. The summed E-state index contributed by atoms with van der Waals surface area (Å²) in [6.45, 7) is 1.87. The number of hydrogen-bond acceptors (Lipinski definition) is 4. The number of hydrazone groups is 1. The summed E-state index contributed by atoms with van der Waals surface area (Å²) in [4.78, 5) is 26.1. The van der Waals surface area contributed by atoms with Crippen LogP contribution in [0.25, 0.3) is 0 Å². The molecular formula is C21H20ClN3O2. The fourth-order valence-electron chi connectivity index (χ4n) is 4.68. The number of amides is 1. The molecule has 1 heterocycles. The van der Waals surface area contributed by atoms with E-state index >= 15 is 0 Å². The number of Topliss-reactive ketones (excluding diaryl/α,β-unsaturated/α-hetero) is 1. The van der Waals surface area contributed by atoms with Gasteiger partial charge in [-0.3, -0.25) is 9.59 Å². The summed E-state index contributed by atoms with van der Waals surface area (Å²) in [6.07, 6.45) is 0.232. The van der Waals surface area contributed by atoms with Gasteiger partial charge >= 0.3 is 0 Å². The van der Waals surface area contributed by atoms with E-state index < -0.39 is 17.3 Å². The molecule has 4 rings (SSSR count). The fourth-order valence-corrected chi connectivity index (χ4v) is 4.81. The molecule has 1 fully saturated rings. The van der Waals surface area contributed by atoms with E-state index in [1.807, 2.05) is 49.4 Å². The van der Waals surface area contributed by atoms with Gasteiger partial charge in [0.2, 0.25) is 0 Å². The Morgan fingerprint density at radius 3 is 2.33 bits per heavy atom. The molecule has 4 atom stereocenters. The third-order valence-corrected chi connectivity index (χ3v) is 6.21. The van der Waals surface area contributed by atoms with Gasteiger partial charge in [-0.05, 0) is 23.3 Å². The fraction of sp³-hybridized carbons (Fsp3) is 0.286. The predicted molar refractivity (Wildman–Crippen MR) is 104 cm³/mol. The van der Waals surface area contributed by atoms with Crippen LogP contribution in [0.3, 0.4) is 0 Å². The highest BCUT2D eigenvalue weighted by Crippen LogP contribution is 2.57. The van der Waals surface area contributed by atoms with Crippen LogP contribution in [0.4, 0.5) is 0 Å². The van der Waals surface area contributed by atoms with Crippen molar-refractivity contribution in [3.63, 3.8) is 0 Å². The summed E-state index contributed by atoms with van der Waals surface area (Å²) in [5, 5.41) is 4.68. The Balaban J connectivity index is 1.96. The third kappa shape index (κ3) is 2.57. The summed E-state index contributed by atoms with van der Waals surface area (Å²) in [7, 11) is 0. The predicted octanol–water partition coefficient (Wildman–Crippen LogP) is 3.20. The minimum Gasteiger partial charge on any atom is -0.385 e. The van der Waals surface area contributed by atoms with Crippen LogP contribution in [-0.2, 0) is 9.59 Å². The molecule has 27 heavy (non-hydrogen) atoms. The highest BCUT2D eigenvalue weighted by Gasteiger charge is 2.63. The largest absolute Gasteiger partial charge is 0.385 e. The lowest BCUT2D eigenvalue weighted by molar-refractivity contribution is -0.136. The van der Waals surface area contributed by atoms with E-state index in [0.717, 1.165) is 11.1 Å². The maximum atomic E-state index is 13.2. The third-order valence-electron chi connectivity index (χ3n) is 5.96. The second-order valence-electron chi connectivity index (χ2n) is 7.26. The Morgan fingerprint density at radius 1 is 1.07 bits per heavy atom. The molecule has 2 aliphatic rings. The van der Waals surface area contributed by atoms with E-state index in [0.29, 0.717) is 5.02 Å². The maximum absolute atomic E-state index is 13.2. The van der Waals surface area contributed by atoms with Crippen LogP contribution in [-0.4, -0.2) is 17.5 Å². The van der Waals surface area contributed by atoms with E-state index in [2.05, 4.69) is 10.5 Å². The summed E-state index contributed by atoms with van der Waals surface area (Å²) in [5.74, 6) is -1.06. The number of halogens is 1. The molecule has 0 bridgehead atoms. The van der Waals surface area contributed by atoms with E-state index in [-0.39, 0.29) is 29.9 Å². The van der Waals surface area contributed by atoms with Gasteiger partial charge in [0, 0.05) is 29.2 Å². The number of nitrogens with one attached hydrogen (secondary N) is 1. The number of nitrogens with two attached hydrogens (primary N) is 1. The van der Waals surface area contributed by atoms with Crippen LogP contribution in [0.2, 0.25) is 5.02 Å². The monoisotopic (exact) mass is 381 g/mol. The van der Waals surface area contributed by atoms with Crippen molar-refractivity contribution in [3.05, 3.63) is 70.7 Å². The summed E-state index contributed by atoms with van der Waals surface area (Å²) < 4.78 is 0. The number of carbonyl (C=O) groups is 2. The van der Waals surface area contributed by atoms with Crippen molar-refractivity contribution >= 4 is 29.1 Å². The number of nitrogens with zero attached hydrogens (tertiary/aromatic N) is 1. The molecule has 2 aromatic carbocycles. The van der Waals surface area contributed by atoms with Crippen molar-refractivity contribution in [1.29, 1.82) is 0 Å². The molecule has 138 valence electrons. The number of benzene rings is 2. The van der Waals surface area contributed by atoms with Gasteiger partial charge in [-0.25, -0.2) is 5.43 Å². The van der Waals surface area contributed by atoms with E-state index in [4.69, 9.17) is 17.3 Å². The molecule has 4 unspecified atom stereocenters. The first-order valence-corrected chi connectivity index (χ1v) is 9.31. The van der Waals surface area contributed by atoms with Crippen LogP contribution in [0.1, 0.15) is 36.3 Å². The summed E-state index contributed by atoms with van der Waals surface area (Å²) in [5.41, 5.74) is 9.58. The lowest BCUT2D eigenvalue weighted by atomic mass is 9.52. The first kappa shape index (κ1) is 17.7. The number of carbonyl (C=O) groups excluding carboxylic acids is 2. The minimum absolute atomic E-state index is 0.113. The Bertz CT molecular complexity index is 926. The average Bonchev–Trinajstić information content (AvgIpc) is 2.96. The molecule has 0 radical (unpaired) electrons. The van der Waals surface area contributed by atoms with E-state index in [1.165, 1.54) is 0 Å². The Labute approximate surface area is 162 Å². The molecule has 1 spiro atoms. The highest BCUT2D eigenvalue weighted by molar-refractivity contribution is 6.30. The minimum atomic E-state index is -1.11. The van der Waals surface area contributed by atoms with Crippen LogP contribution >= 0.6 is 11.6 Å². The zero-order valence-electron chi connectivity index (χ0n) is 14.9. The standard InChI is InChI=1S/C21H20ClN3O2/c1-12-17(26)11-16(13-7-9-15(22)10-8-13)21(19(23)24-25-20(21)27)18(12)14-5-3-2-4-6-14/h2-10,12,16,18H,11H2,1H3,(H2,23,24)(H,25,27). The first-order chi connectivity index (χ1) is 13.0. The normalized spacial score (nSPS) is 30.3.